The second-order valence-corrected chi connectivity index (χ2v) is 4.91. The standard InChI is InChI=1S/C17H18N2O3/c1-2-3-12-4-8-14(9-5-12)18-17(22)19-15-10-6-13(7-11-15)16(20)21/h4-11H,2-3H2,1H3,(H,20,21)(H2,18,19,22). The summed E-state index contributed by atoms with van der Waals surface area (Å²) in [5, 5.41) is 14.2. The molecular weight excluding hydrogens is 280 g/mol. The number of anilines is 2. The van der Waals surface area contributed by atoms with Crippen LogP contribution in [0.5, 0.6) is 0 Å². The van der Waals surface area contributed by atoms with Gasteiger partial charge in [0.15, 0.2) is 0 Å². The van der Waals surface area contributed by atoms with E-state index >= 15 is 0 Å². The molecule has 2 aromatic carbocycles. The Kier molecular flexibility index (Phi) is 5.14. The van der Waals surface area contributed by atoms with Gasteiger partial charge in [0, 0.05) is 11.4 Å². The molecule has 0 unspecified atom stereocenters. The molecule has 5 heteroatoms. The summed E-state index contributed by atoms with van der Waals surface area (Å²) in [5.41, 5.74) is 2.65. The third kappa shape index (κ3) is 4.34. The minimum Gasteiger partial charge on any atom is -0.478 e. The summed E-state index contributed by atoms with van der Waals surface area (Å²) in [4.78, 5) is 22.6. The SMILES string of the molecule is CCCc1ccc(NC(=O)Nc2ccc(C(=O)O)cc2)cc1. The number of hydrogen-bond acceptors (Lipinski definition) is 2. The minimum absolute atomic E-state index is 0.178. The van der Waals surface area contributed by atoms with Crippen molar-refractivity contribution in [2.24, 2.45) is 0 Å². The molecule has 0 aliphatic heterocycles. The highest BCUT2D eigenvalue weighted by Gasteiger charge is 2.05. The van der Waals surface area contributed by atoms with Crippen molar-refractivity contribution in [1.29, 1.82) is 0 Å². The number of carbonyl (C=O) groups excluding carboxylic acids is 1. The molecule has 2 aromatic rings. The van der Waals surface area contributed by atoms with Gasteiger partial charge in [-0.15, -0.1) is 0 Å². The lowest BCUT2D eigenvalue weighted by Gasteiger charge is -2.08. The van der Waals surface area contributed by atoms with Crippen molar-refractivity contribution in [2.75, 3.05) is 10.6 Å². The Hall–Kier alpha value is -2.82. The zero-order valence-corrected chi connectivity index (χ0v) is 12.3. The lowest BCUT2D eigenvalue weighted by Crippen LogP contribution is -2.19. The topological polar surface area (TPSA) is 78.4 Å². The van der Waals surface area contributed by atoms with Crippen LogP contribution in [0.15, 0.2) is 48.5 Å². The fraction of sp³-hybridized carbons (Fsp3) is 0.176. The van der Waals surface area contributed by atoms with Crippen molar-refractivity contribution in [3.05, 3.63) is 59.7 Å². The van der Waals surface area contributed by atoms with Crippen LogP contribution in [0.25, 0.3) is 0 Å². The summed E-state index contributed by atoms with van der Waals surface area (Å²) in [6, 6.07) is 13.3. The summed E-state index contributed by atoms with van der Waals surface area (Å²) >= 11 is 0. The number of nitrogens with one attached hydrogen (secondary N) is 2. The first-order chi connectivity index (χ1) is 10.6. The van der Waals surface area contributed by atoms with Gasteiger partial charge in [-0.05, 0) is 48.4 Å². The molecule has 114 valence electrons. The molecule has 0 aliphatic rings. The highest BCUT2D eigenvalue weighted by molar-refractivity contribution is 6.00. The van der Waals surface area contributed by atoms with Crippen LogP contribution in [0.3, 0.4) is 0 Å². The first-order valence-corrected chi connectivity index (χ1v) is 7.09. The maximum absolute atomic E-state index is 11.9. The van der Waals surface area contributed by atoms with E-state index in [9.17, 15) is 9.59 Å². The van der Waals surface area contributed by atoms with E-state index in [2.05, 4.69) is 17.6 Å². The van der Waals surface area contributed by atoms with E-state index in [0.717, 1.165) is 12.8 Å². The number of aromatic carboxylic acids is 1. The summed E-state index contributed by atoms with van der Waals surface area (Å²) in [7, 11) is 0. The molecule has 0 saturated heterocycles. The van der Waals surface area contributed by atoms with Gasteiger partial charge in [0.2, 0.25) is 0 Å². The summed E-state index contributed by atoms with van der Waals surface area (Å²) < 4.78 is 0. The van der Waals surface area contributed by atoms with Gasteiger partial charge in [-0.25, -0.2) is 9.59 Å². The maximum Gasteiger partial charge on any atom is 0.335 e. The number of amides is 2. The Morgan fingerprint density at radius 3 is 1.86 bits per heavy atom. The highest BCUT2D eigenvalue weighted by atomic mass is 16.4. The number of carbonyl (C=O) groups is 2. The summed E-state index contributed by atoms with van der Waals surface area (Å²) in [6.45, 7) is 2.12. The predicted molar refractivity (Wildman–Crippen MR) is 86.5 cm³/mol. The van der Waals surface area contributed by atoms with Crippen LogP contribution in [0.1, 0.15) is 29.3 Å². The first-order valence-electron chi connectivity index (χ1n) is 7.09. The average Bonchev–Trinajstić information content (AvgIpc) is 2.50. The van der Waals surface area contributed by atoms with Crippen LogP contribution in [-0.2, 0) is 6.42 Å². The molecule has 0 heterocycles. The number of carboxylic acid groups (broad SMARTS) is 1. The number of benzene rings is 2. The van der Waals surface area contributed by atoms with Crippen LogP contribution < -0.4 is 10.6 Å². The Morgan fingerprint density at radius 1 is 0.909 bits per heavy atom. The fourth-order valence-electron chi connectivity index (χ4n) is 2.03. The van der Waals surface area contributed by atoms with Gasteiger partial charge in [0.25, 0.3) is 0 Å². The summed E-state index contributed by atoms with van der Waals surface area (Å²) in [6.07, 6.45) is 2.10. The zero-order chi connectivity index (χ0) is 15.9. The molecule has 2 amide bonds. The van der Waals surface area contributed by atoms with E-state index in [0.29, 0.717) is 11.4 Å². The second kappa shape index (κ2) is 7.26. The number of urea groups is 1. The van der Waals surface area contributed by atoms with Crippen molar-refractivity contribution in [3.8, 4) is 0 Å². The molecule has 22 heavy (non-hydrogen) atoms. The normalized spacial score (nSPS) is 10.0. The van der Waals surface area contributed by atoms with Gasteiger partial charge < -0.3 is 15.7 Å². The molecule has 0 aromatic heterocycles. The van der Waals surface area contributed by atoms with Gasteiger partial charge in [-0.2, -0.15) is 0 Å². The van der Waals surface area contributed by atoms with Crippen LogP contribution in [0, 0.1) is 0 Å². The molecule has 0 atom stereocenters. The Balaban J connectivity index is 1.93. The lowest BCUT2D eigenvalue weighted by atomic mass is 10.1. The maximum atomic E-state index is 11.9. The number of carboxylic acids is 1. The number of aryl methyl sites for hydroxylation is 1. The van der Waals surface area contributed by atoms with Crippen LogP contribution in [0.4, 0.5) is 16.2 Å². The van der Waals surface area contributed by atoms with Gasteiger partial charge in [-0.1, -0.05) is 25.5 Å². The van der Waals surface area contributed by atoms with Crippen LogP contribution in [-0.4, -0.2) is 17.1 Å². The largest absolute Gasteiger partial charge is 0.478 e. The molecule has 0 aliphatic carbocycles. The van der Waals surface area contributed by atoms with E-state index in [1.54, 1.807) is 12.1 Å². The lowest BCUT2D eigenvalue weighted by molar-refractivity contribution is 0.0697. The highest BCUT2D eigenvalue weighted by Crippen LogP contribution is 2.13. The quantitative estimate of drug-likeness (QED) is 0.781. The molecule has 5 nitrogen and oxygen atoms in total. The van der Waals surface area contributed by atoms with E-state index in [1.807, 2.05) is 24.3 Å². The number of rotatable bonds is 5. The van der Waals surface area contributed by atoms with E-state index in [4.69, 9.17) is 5.11 Å². The average molecular weight is 298 g/mol. The van der Waals surface area contributed by atoms with Crippen molar-refractivity contribution in [1.82, 2.24) is 0 Å². The molecule has 0 saturated carbocycles. The van der Waals surface area contributed by atoms with Crippen LogP contribution >= 0.6 is 0 Å². The monoisotopic (exact) mass is 298 g/mol. The Bertz CT molecular complexity index is 649. The molecule has 0 fully saturated rings. The Labute approximate surface area is 129 Å². The third-order valence-electron chi connectivity index (χ3n) is 3.14. The predicted octanol–water partition coefficient (Wildman–Crippen LogP) is 3.98. The van der Waals surface area contributed by atoms with E-state index in [1.165, 1.54) is 17.7 Å². The van der Waals surface area contributed by atoms with Crippen LogP contribution in [0.2, 0.25) is 0 Å². The van der Waals surface area contributed by atoms with Gasteiger partial charge >= 0.3 is 12.0 Å². The summed E-state index contributed by atoms with van der Waals surface area (Å²) in [5.74, 6) is -0.997. The fourth-order valence-corrected chi connectivity index (χ4v) is 2.03. The van der Waals surface area contributed by atoms with Gasteiger partial charge in [0.05, 0.1) is 5.56 Å². The molecule has 0 bridgehead atoms. The van der Waals surface area contributed by atoms with Crippen molar-refractivity contribution >= 4 is 23.4 Å². The minimum atomic E-state index is -0.997. The van der Waals surface area contributed by atoms with Gasteiger partial charge in [0.1, 0.15) is 0 Å². The molecule has 3 N–H and O–H groups in total. The van der Waals surface area contributed by atoms with Crippen molar-refractivity contribution in [2.45, 2.75) is 19.8 Å². The zero-order valence-electron chi connectivity index (χ0n) is 12.3. The van der Waals surface area contributed by atoms with Crippen molar-refractivity contribution < 1.29 is 14.7 Å². The van der Waals surface area contributed by atoms with E-state index < -0.39 is 5.97 Å². The molecular formula is C17H18N2O3. The van der Waals surface area contributed by atoms with Gasteiger partial charge in [-0.3, -0.25) is 0 Å². The smallest absolute Gasteiger partial charge is 0.335 e. The third-order valence-corrected chi connectivity index (χ3v) is 3.14. The van der Waals surface area contributed by atoms with E-state index in [-0.39, 0.29) is 11.6 Å². The molecule has 2 rings (SSSR count). The first kappa shape index (κ1) is 15.6. The Morgan fingerprint density at radius 2 is 1.41 bits per heavy atom. The number of hydrogen-bond donors (Lipinski definition) is 3. The van der Waals surface area contributed by atoms with Crippen molar-refractivity contribution in [3.63, 3.8) is 0 Å². The molecule has 0 radical (unpaired) electrons. The second-order valence-electron chi connectivity index (χ2n) is 4.91. The molecule has 0 spiro atoms.